The number of benzene rings is 2. The van der Waals surface area contributed by atoms with Crippen LogP contribution in [-0.2, 0) is 4.79 Å². The lowest BCUT2D eigenvalue weighted by atomic mass is 10.0. The van der Waals surface area contributed by atoms with Gasteiger partial charge in [-0.15, -0.1) is 0 Å². The zero-order chi connectivity index (χ0) is 17.8. The van der Waals surface area contributed by atoms with E-state index < -0.39 is 0 Å². The van der Waals surface area contributed by atoms with Crippen molar-refractivity contribution in [2.45, 2.75) is 33.6 Å². The Bertz CT molecular complexity index is 810. The Hall–Kier alpha value is -2.61. The first-order valence-corrected chi connectivity index (χ1v) is 8.97. The molecule has 1 aliphatic heterocycles. The molecule has 0 N–H and O–H groups in total. The molecule has 0 aromatic heterocycles. The Balaban J connectivity index is 2.02. The van der Waals surface area contributed by atoms with Crippen molar-refractivity contribution >= 4 is 17.6 Å². The van der Waals surface area contributed by atoms with Crippen molar-refractivity contribution in [3.8, 4) is 0 Å². The van der Waals surface area contributed by atoms with Crippen LogP contribution in [0.4, 0.5) is 0 Å². The number of carbonyl (C=O) groups is 1. The Morgan fingerprint density at radius 3 is 2.12 bits per heavy atom. The molecule has 2 heteroatoms. The van der Waals surface area contributed by atoms with Gasteiger partial charge in [0, 0.05) is 18.2 Å². The molecule has 1 heterocycles. The Kier molecular flexibility index (Phi) is 5.18. The van der Waals surface area contributed by atoms with Crippen molar-refractivity contribution in [3.05, 3.63) is 82.6 Å². The van der Waals surface area contributed by atoms with Crippen LogP contribution in [0.15, 0.2) is 60.3 Å². The van der Waals surface area contributed by atoms with Gasteiger partial charge in [-0.1, -0.05) is 73.0 Å². The van der Waals surface area contributed by atoms with Crippen LogP contribution in [0.5, 0.6) is 0 Å². The first-order valence-electron chi connectivity index (χ1n) is 8.97. The minimum Gasteiger partial charge on any atom is -0.308 e. The van der Waals surface area contributed by atoms with Crippen LogP contribution in [0.3, 0.4) is 0 Å². The molecular formula is C23H25NO. The molecule has 25 heavy (non-hydrogen) atoms. The topological polar surface area (TPSA) is 20.3 Å². The molecule has 2 aromatic carbocycles. The van der Waals surface area contributed by atoms with E-state index in [2.05, 4.69) is 75.4 Å². The minimum atomic E-state index is 0.0855. The highest BCUT2D eigenvalue weighted by atomic mass is 16.2. The maximum absolute atomic E-state index is 12.6. The van der Waals surface area contributed by atoms with Gasteiger partial charge >= 0.3 is 0 Å². The Labute approximate surface area is 150 Å². The SMILES string of the molecule is CCCCN1C(=O)C=C(c2ccc(C)cc2)/C1=C/c1ccc(C)cc1. The fraction of sp³-hybridized carbons (Fsp3) is 0.261. The van der Waals surface area contributed by atoms with Gasteiger partial charge in [-0.25, -0.2) is 0 Å². The minimum absolute atomic E-state index is 0.0855. The lowest BCUT2D eigenvalue weighted by molar-refractivity contribution is -0.123. The van der Waals surface area contributed by atoms with Crippen LogP contribution in [0, 0.1) is 13.8 Å². The van der Waals surface area contributed by atoms with E-state index in [9.17, 15) is 4.79 Å². The summed E-state index contributed by atoms with van der Waals surface area (Å²) in [5.74, 6) is 0.0855. The predicted molar refractivity (Wildman–Crippen MR) is 105 cm³/mol. The number of aryl methyl sites for hydroxylation is 2. The lowest BCUT2D eigenvalue weighted by Gasteiger charge is -2.20. The second-order valence-electron chi connectivity index (χ2n) is 6.71. The third-order valence-electron chi connectivity index (χ3n) is 4.58. The van der Waals surface area contributed by atoms with E-state index in [0.717, 1.165) is 41.8 Å². The number of hydrogen-bond acceptors (Lipinski definition) is 1. The highest BCUT2D eigenvalue weighted by Crippen LogP contribution is 2.34. The van der Waals surface area contributed by atoms with Gasteiger partial charge in [-0.2, -0.15) is 0 Å². The summed E-state index contributed by atoms with van der Waals surface area (Å²) in [5, 5.41) is 0. The maximum Gasteiger partial charge on any atom is 0.251 e. The maximum atomic E-state index is 12.6. The first-order chi connectivity index (χ1) is 12.1. The van der Waals surface area contributed by atoms with Crippen LogP contribution in [0.1, 0.15) is 42.0 Å². The molecule has 1 amide bonds. The van der Waals surface area contributed by atoms with E-state index in [0.29, 0.717) is 0 Å². The molecule has 128 valence electrons. The van der Waals surface area contributed by atoms with Gasteiger partial charge in [-0.05, 0) is 37.5 Å². The van der Waals surface area contributed by atoms with Gasteiger partial charge in [0.25, 0.3) is 5.91 Å². The average molecular weight is 331 g/mol. The summed E-state index contributed by atoms with van der Waals surface area (Å²) >= 11 is 0. The Morgan fingerprint density at radius 2 is 1.52 bits per heavy atom. The smallest absolute Gasteiger partial charge is 0.251 e. The second kappa shape index (κ2) is 7.52. The molecule has 0 unspecified atom stereocenters. The van der Waals surface area contributed by atoms with E-state index in [1.54, 1.807) is 6.08 Å². The highest BCUT2D eigenvalue weighted by Gasteiger charge is 2.27. The molecule has 0 fully saturated rings. The van der Waals surface area contributed by atoms with E-state index in [1.165, 1.54) is 11.1 Å². The molecule has 1 aliphatic rings. The zero-order valence-corrected chi connectivity index (χ0v) is 15.3. The molecule has 0 atom stereocenters. The molecule has 0 radical (unpaired) electrons. The Morgan fingerprint density at radius 1 is 0.920 bits per heavy atom. The zero-order valence-electron chi connectivity index (χ0n) is 15.3. The number of amides is 1. The number of unbranched alkanes of at least 4 members (excludes halogenated alkanes) is 1. The summed E-state index contributed by atoms with van der Waals surface area (Å²) < 4.78 is 0. The summed E-state index contributed by atoms with van der Waals surface area (Å²) in [6.07, 6.45) is 5.99. The first kappa shape index (κ1) is 17.2. The van der Waals surface area contributed by atoms with Crippen molar-refractivity contribution < 1.29 is 4.79 Å². The van der Waals surface area contributed by atoms with Gasteiger partial charge in [0.2, 0.25) is 0 Å². The van der Waals surface area contributed by atoms with E-state index in [1.807, 2.05) is 4.90 Å². The van der Waals surface area contributed by atoms with E-state index in [-0.39, 0.29) is 5.91 Å². The van der Waals surface area contributed by atoms with Crippen molar-refractivity contribution in [2.75, 3.05) is 6.54 Å². The molecule has 2 aromatic rings. The van der Waals surface area contributed by atoms with Gasteiger partial charge in [-0.3, -0.25) is 4.79 Å². The third kappa shape index (κ3) is 3.90. The van der Waals surface area contributed by atoms with Gasteiger partial charge in [0.15, 0.2) is 0 Å². The van der Waals surface area contributed by atoms with Crippen LogP contribution < -0.4 is 0 Å². The summed E-state index contributed by atoms with van der Waals surface area (Å²) in [4.78, 5) is 14.5. The molecule has 0 saturated heterocycles. The number of allylic oxidation sites excluding steroid dienone is 1. The molecule has 2 nitrogen and oxygen atoms in total. The second-order valence-corrected chi connectivity index (χ2v) is 6.71. The molecular weight excluding hydrogens is 306 g/mol. The number of hydrogen-bond donors (Lipinski definition) is 0. The molecule has 3 rings (SSSR count). The van der Waals surface area contributed by atoms with Crippen LogP contribution in [0.25, 0.3) is 11.6 Å². The monoisotopic (exact) mass is 331 g/mol. The predicted octanol–water partition coefficient (Wildman–Crippen LogP) is 5.37. The van der Waals surface area contributed by atoms with Crippen LogP contribution >= 0.6 is 0 Å². The number of nitrogens with zero attached hydrogens (tertiary/aromatic N) is 1. The van der Waals surface area contributed by atoms with Gasteiger partial charge in [0.1, 0.15) is 0 Å². The molecule has 0 spiro atoms. The van der Waals surface area contributed by atoms with Crippen molar-refractivity contribution in [2.24, 2.45) is 0 Å². The van der Waals surface area contributed by atoms with Crippen molar-refractivity contribution in [1.29, 1.82) is 0 Å². The standard InChI is InChI=1S/C23H25NO/c1-4-5-14-24-22(15-19-10-6-17(2)7-11-19)21(16-23(24)25)20-12-8-18(3)9-13-20/h6-13,15-16H,4-5,14H2,1-3H3/b22-15-. The molecule has 0 aliphatic carbocycles. The lowest BCUT2D eigenvalue weighted by Crippen LogP contribution is -2.25. The van der Waals surface area contributed by atoms with Crippen LogP contribution in [0.2, 0.25) is 0 Å². The average Bonchev–Trinajstić information content (AvgIpc) is 2.91. The summed E-state index contributed by atoms with van der Waals surface area (Å²) in [6, 6.07) is 16.8. The summed E-state index contributed by atoms with van der Waals surface area (Å²) in [7, 11) is 0. The largest absolute Gasteiger partial charge is 0.308 e. The van der Waals surface area contributed by atoms with Gasteiger partial charge in [0.05, 0.1) is 5.70 Å². The number of carbonyl (C=O) groups excluding carboxylic acids is 1. The van der Waals surface area contributed by atoms with Crippen molar-refractivity contribution in [1.82, 2.24) is 4.90 Å². The van der Waals surface area contributed by atoms with Crippen molar-refractivity contribution in [3.63, 3.8) is 0 Å². The highest BCUT2D eigenvalue weighted by molar-refractivity contribution is 6.08. The fourth-order valence-corrected chi connectivity index (χ4v) is 3.03. The van der Waals surface area contributed by atoms with Gasteiger partial charge < -0.3 is 4.90 Å². The third-order valence-corrected chi connectivity index (χ3v) is 4.58. The van der Waals surface area contributed by atoms with E-state index >= 15 is 0 Å². The normalized spacial score (nSPS) is 15.8. The molecule has 0 bridgehead atoms. The number of rotatable bonds is 5. The quantitative estimate of drug-likeness (QED) is 0.721. The van der Waals surface area contributed by atoms with E-state index in [4.69, 9.17) is 0 Å². The molecule has 0 saturated carbocycles. The summed E-state index contributed by atoms with van der Waals surface area (Å²) in [6.45, 7) is 7.08. The summed E-state index contributed by atoms with van der Waals surface area (Å²) in [5.41, 5.74) is 6.70. The van der Waals surface area contributed by atoms with Crippen LogP contribution in [-0.4, -0.2) is 17.4 Å². The fourth-order valence-electron chi connectivity index (χ4n) is 3.03.